The molecule has 148 valence electrons. The first-order valence-electron chi connectivity index (χ1n) is 9.27. The van der Waals surface area contributed by atoms with Crippen LogP contribution in [0.15, 0.2) is 60.7 Å². The molecule has 0 unspecified atom stereocenters. The second-order valence-electron chi connectivity index (χ2n) is 6.61. The monoisotopic (exact) mass is 488 g/mol. The van der Waals surface area contributed by atoms with E-state index in [1.54, 1.807) is 0 Å². The number of hydrogen-bond acceptors (Lipinski definition) is 0. The van der Waals surface area contributed by atoms with Crippen molar-refractivity contribution in [3.63, 3.8) is 0 Å². The molecule has 0 saturated heterocycles. The molecule has 0 aliphatic rings. The van der Waals surface area contributed by atoms with E-state index in [1.807, 2.05) is 0 Å². The summed E-state index contributed by atoms with van der Waals surface area (Å²) in [5, 5.41) is 5.62. The number of rotatable bonds is 2. The van der Waals surface area contributed by atoms with Crippen LogP contribution in [0.1, 0.15) is 36.1 Å². The van der Waals surface area contributed by atoms with E-state index >= 15 is 0 Å². The van der Waals surface area contributed by atoms with Crippen LogP contribution in [-0.2, 0) is 37.1 Å². The largest absolute Gasteiger partial charge is 1.00 e. The number of fused-ring (bicyclic) bond motifs is 2. The van der Waals surface area contributed by atoms with E-state index in [0.717, 1.165) is 12.8 Å². The van der Waals surface area contributed by atoms with Gasteiger partial charge in [-0.05, 0) is 12.8 Å². The Balaban J connectivity index is 0.000000449. The Hall–Kier alpha value is -1.01. The van der Waals surface area contributed by atoms with Gasteiger partial charge in [0.15, 0.2) is 0 Å². The van der Waals surface area contributed by atoms with E-state index in [1.165, 1.54) is 68.0 Å². The van der Waals surface area contributed by atoms with E-state index < -0.39 is 0 Å². The molecule has 0 spiro atoms. The molecule has 0 aliphatic heterocycles. The van der Waals surface area contributed by atoms with Crippen molar-refractivity contribution in [2.75, 3.05) is 0 Å². The summed E-state index contributed by atoms with van der Waals surface area (Å²) in [6, 6.07) is 22.1. The first-order chi connectivity index (χ1) is 12.6. The molecule has 3 heteroatoms. The van der Waals surface area contributed by atoms with Crippen LogP contribution in [0.3, 0.4) is 0 Å². The zero-order valence-electron chi connectivity index (χ0n) is 17.2. The number of hydrogen-bond donors (Lipinski definition) is 0. The van der Waals surface area contributed by atoms with Gasteiger partial charge in [-0.3, -0.25) is 0 Å². The molecule has 28 heavy (non-hydrogen) atoms. The molecule has 0 aromatic heterocycles. The Kier molecular flexibility index (Phi) is 12.8. The van der Waals surface area contributed by atoms with Gasteiger partial charge in [0.1, 0.15) is 0 Å². The van der Waals surface area contributed by atoms with Crippen molar-refractivity contribution in [3.8, 4) is 0 Å². The molecule has 0 N–H and O–H groups in total. The molecule has 0 bridgehead atoms. The molecule has 0 heterocycles. The van der Waals surface area contributed by atoms with E-state index in [4.69, 9.17) is 0 Å². The third-order valence-electron chi connectivity index (χ3n) is 4.73. The minimum absolute atomic E-state index is 0. The molecule has 4 rings (SSSR count). The van der Waals surface area contributed by atoms with Crippen LogP contribution in [-0.4, -0.2) is 4.21 Å². The zero-order chi connectivity index (χ0) is 19.1. The van der Waals surface area contributed by atoms with E-state index in [9.17, 15) is 0 Å². The van der Waals surface area contributed by atoms with Gasteiger partial charge >= 0.3 is 28.4 Å². The Morgan fingerprint density at radius 1 is 0.714 bits per heavy atom. The third kappa shape index (κ3) is 6.52. The molecule has 0 fully saturated rings. The number of aryl methyl sites for hydroxylation is 4. The van der Waals surface area contributed by atoms with E-state index in [-0.39, 0.29) is 24.8 Å². The first kappa shape index (κ1) is 27.0. The van der Waals surface area contributed by atoms with E-state index in [2.05, 4.69) is 92.6 Å². The Labute approximate surface area is 197 Å². The van der Waals surface area contributed by atoms with Gasteiger partial charge in [-0.25, -0.2) is 0 Å². The SMILES string of the molecule is CCc1cccc2[cH-]c(C)cc12.CCc1cccc2[cH-]c(C)cc12.[CH2]=[Zr+2].[Cl-].[Cl-]. The average Bonchev–Trinajstić information content (AvgIpc) is 3.23. The summed E-state index contributed by atoms with van der Waals surface area (Å²) >= 11 is 1.30. The van der Waals surface area contributed by atoms with Crippen molar-refractivity contribution in [1.82, 2.24) is 0 Å². The normalized spacial score (nSPS) is 9.50. The number of halogens is 2. The number of benzene rings is 2. The van der Waals surface area contributed by atoms with Gasteiger partial charge in [0.2, 0.25) is 0 Å². The van der Waals surface area contributed by atoms with Crippen LogP contribution in [0.2, 0.25) is 0 Å². The smallest absolute Gasteiger partial charge is 1.00 e. The van der Waals surface area contributed by atoms with Gasteiger partial charge < -0.3 is 24.8 Å². The van der Waals surface area contributed by atoms with Crippen molar-refractivity contribution in [2.45, 2.75) is 40.5 Å². The van der Waals surface area contributed by atoms with Crippen molar-refractivity contribution in [3.05, 3.63) is 82.9 Å². The Morgan fingerprint density at radius 2 is 1.07 bits per heavy atom. The molecule has 0 saturated carbocycles. The third-order valence-corrected chi connectivity index (χ3v) is 4.73. The van der Waals surface area contributed by atoms with Crippen molar-refractivity contribution in [1.29, 1.82) is 0 Å². The van der Waals surface area contributed by atoms with Gasteiger partial charge in [-0.15, -0.1) is 69.1 Å². The molecular weight excluding hydrogens is 462 g/mol. The minimum Gasteiger partial charge on any atom is -1.00 e. The summed E-state index contributed by atoms with van der Waals surface area (Å²) in [5.74, 6) is 0. The molecule has 0 atom stereocenters. The van der Waals surface area contributed by atoms with Gasteiger partial charge in [0.05, 0.1) is 0 Å². The fourth-order valence-electron chi connectivity index (χ4n) is 3.52. The second-order valence-corrected chi connectivity index (χ2v) is 6.61. The van der Waals surface area contributed by atoms with E-state index in [0.29, 0.717) is 0 Å². The molecule has 4 aromatic rings. The fourth-order valence-corrected chi connectivity index (χ4v) is 3.52. The maximum absolute atomic E-state index is 3.34. The van der Waals surface area contributed by atoms with Crippen LogP contribution >= 0.6 is 0 Å². The summed E-state index contributed by atoms with van der Waals surface area (Å²) in [7, 11) is 0. The van der Waals surface area contributed by atoms with Crippen LogP contribution in [0, 0.1) is 13.8 Å². The van der Waals surface area contributed by atoms with Crippen molar-refractivity contribution >= 4 is 25.8 Å². The average molecular weight is 491 g/mol. The summed E-state index contributed by atoms with van der Waals surface area (Å²) < 4.78 is 3.34. The van der Waals surface area contributed by atoms with Gasteiger partial charge in [-0.2, -0.15) is 12.1 Å². The first-order valence-corrected chi connectivity index (χ1v) is 11.0. The van der Waals surface area contributed by atoms with Crippen LogP contribution in [0.25, 0.3) is 21.5 Å². The Morgan fingerprint density at radius 3 is 1.39 bits per heavy atom. The standard InChI is InChI=1S/2C12H13.CH2.2ClH.Zr/c2*1-3-10-5-4-6-11-7-9(2)8-12(10)11;;;;/h2*4-8H,3H2,1-2H3;1H2;2*1H;/q2*-1;;;;+2/p-2. The summed E-state index contributed by atoms with van der Waals surface area (Å²) in [6.45, 7) is 8.72. The maximum Gasteiger partial charge on any atom is -1.00 e. The predicted octanol–water partition coefficient (Wildman–Crippen LogP) is 0.832. The van der Waals surface area contributed by atoms with Crippen molar-refractivity contribution in [2.24, 2.45) is 0 Å². The van der Waals surface area contributed by atoms with Crippen molar-refractivity contribution < 1.29 is 49.0 Å². The molecule has 0 amide bonds. The summed E-state index contributed by atoms with van der Waals surface area (Å²) in [5.41, 5.74) is 5.65. The van der Waals surface area contributed by atoms with Crippen LogP contribution < -0.4 is 24.8 Å². The molecule has 0 radical (unpaired) electrons. The topological polar surface area (TPSA) is 0 Å². The fraction of sp³-hybridized carbons (Fsp3) is 0.240. The molecule has 0 aliphatic carbocycles. The predicted molar refractivity (Wildman–Crippen MR) is 114 cm³/mol. The molecule has 4 aromatic carbocycles. The summed E-state index contributed by atoms with van der Waals surface area (Å²) in [4.78, 5) is 0. The van der Waals surface area contributed by atoms with Crippen LogP contribution in [0.4, 0.5) is 0 Å². The quantitative estimate of drug-likeness (QED) is 0.366. The van der Waals surface area contributed by atoms with Gasteiger partial charge in [0, 0.05) is 0 Å². The van der Waals surface area contributed by atoms with Gasteiger partial charge in [-0.1, -0.05) is 51.0 Å². The minimum atomic E-state index is 0. The molecular formula is C25H28Cl2Zr-2. The van der Waals surface area contributed by atoms with Crippen LogP contribution in [0.5, 0.6) is 0 Å². The van der Waals surface area contributed by atoms with Gasteiger partial charge in [0.25, 0.3) is 0 Å². The maximum atomic E-state index is 3.34. The zero-order valence-corrected chi connectivity index (χ0v) is 21.1. The molecule has 0 nitrogen and oxygen atoms in total. The summed E-state index contributed by atoms with van der Waals surface area (Å²) in [6.07, 6.45) is 2.25. The Bertz CT molecular complexity index is 899. The second kappa shape index (κ2) is 13.3.